The van der Waals surface area contributed by atoms with E-state index in [2.05, 4.69) is 5.16 Å². The molecule has 6 heteroatoms. The van der Waals surface area contributed by atoms with Crippen molar-refractivity contribution in [1.29, 1.82) is 0 Å². The normalized spacial score (nSPS) is 23.4. The highest BCUT2D eigenvalue weighted by Crippen LogP contribution is 2.40. The third-order valence-corrected chi connectivity index (χ3v) is 4.89. The molecule has 124 valence electrons. The molecule has 0 spiro atoms. The SMILES string of the molecule is O=C(O)C1CN(C(=O)c2cc(C3CC3)no2)CC1c1ccccc1. The number of carbonyl (C=O) groups is 2. The van der Waals surface area contributed by atoms with E-state index < -0.39 is 11.9 Å². The summed E-state index contributed by atoms with van der Waals surface area (Å²) in [7, 11) is 0. The Morgan fingerprint density at radius 2 is 1.92 bits per heavy atom. The summed E-state index contributed by atoms with van der Waals surface area (Å²) < 4.78 is 5.19. The van der Waals surface area contributed by atoms with Crippen molar-refractivity contribution in [2.45, 2.75) is 24.7 Å². The van der Waals surface area contributed by atoms with Crippen molar-refractivity contribution in [3.8, 4) is 0 Å². The van der Waals surface area contributed by atoms with Gasteiger partial charge >= 0.3 is 5.97 Å². The quantitative estimate of drug-likeness (QED) is 0.933. The third kappa shape index (κ3) is 2.68. The second-order valence-corrected chi connectivity index (χ2v) is 6.56. The van der Waals surface area contributed by atoms with E-state index in [0.717, 1.165) is 24.1 Å². The molecule has 2 aliphatic rings. The Morgan fingerprint density at radius 3 is 2.58 bits per heavy atom. The Morgan fingerprint density at radius 1 is 1.17 bits per heavy atom. The molecule has 1 amide bonds. The number of carboxylic acid groups (broad SMARTS) is 1. The molecule has 0 bridgehead atoms. The number of nitrogens with zero attached hydrogens (tertiary/aromatic N) is 2. The molecule has 2 atom stereocenters. The predicted octanol–water partition coefficient (Wildman–Crippen LogP) is 2.49. The van der Waals surface area contributed by atoms with E-state index in [-0.39, 0.29) is 24.1 Å². The first-order valence-electron chi connectivity index (χ1n) is 8.17. The molecule has 1 aliphatic heterocycles. The molecule has 1 aromatic heterocycles. The maximum atomic E-state index is 12.6. The van der Waals surface area contributed by atoms with E-state index in [1.54, 1.807) is 11.0 Å². The third-order valence-electron chi connectivity index (χ3n) is 4.89. The Kier molecular flexibility index (Phi) is 3.59. The highest BCUT2D eigenvalue weighted by atomic mass is 16.5. The van der Waals surface area contributed by atoms with Gasteiger partial charge in [-0.3, -0.25) is 9.59 Å². The highest BCUT2D eigenvalue weighted by molar-refractivity contribution is 5.92. The topological polar surface area (TPSA) is 83.6 Å². The molecular weight excluding hydrogens is 308 g/mol. The molecular formula is C18H18N2O4. The molecule has 1 saturated carbocycles. The minimum atomic E-state index is -0.879. The number of amides is 1. The zero-order chi connectivity index (χ0) is 16.7. The lowest BCUT2D eigenvalue weighted by molar-refractivity contribution is -0.141. The highest BCUT2D eigenvalue weighted by Gasteiger charge is 2.41. The average molecular weight is 326 g/mol. The number of hydrogen-bond acceptors (Lipinski definition) is 4. The molecule has 1 aromatic carbocycles. The van der Waals surface area contributed by atoms with Crippen LogP contribution in [0.1, 0.15) is 46.5 Å². The number of hydrogen-bond donors (Lipinski definition) is 1. The molecule has 1 saturated heterocycles. The van der Waals surface area contributed by atoms with Gasteiger partial charge in [0.05, 0.1) is 11.6 Å². The summed E-state index contributed by atoms with van der Waals surface area (Å²) in [5, 5.41) is 13.5. The maximum Gasteiger partial charge on any atom is 0.308 e. The van der Waals surface area contributed by atoms with E-state index in [4.69, 9.17) is 4.52 Å². The van der Waals surface area contributed by atoms with Crippen molar-refractivity contribution in [3.05, 3.63) is 53.4 Å². The minimum Gasteiger partial charge on any atom is -0.481 e. The largest absolute Gasteiger partial charge is 0.481 e. The van der Waals surface area contributed by atoms with Crippen molar-refractivity contribution in [2.24, 2.45) is 5.92 Å². The summed E-state index contributed by atoms with van der Waals surface area (Å²) in [4.78, 5) is 25.8. The summed E-state index contributed by atoms with van der Waals surface area (Å²) in [6.07, 6.45) is 2.17. The average Bonchev–Trinajstić information content (AvgIpc) is 3.16. The molecule has 1 N–H and O–H groups in total. The fourth-order valence-corrected chi connectivity index (χ4v) is 3.37. The van der Waals surface area contributed by atoms with Crippen LogP contribution in [-0.2, 0) is 4.79 Å². The lowest BCUT2D eigenvalue weighted by Crippen LogP contribution is -2.29. The summed E-state index contributed by atoms with van der Waals surface area (Å²) in [5.41, 5.74) is 1.77. The summed E-state index contributed by atoms with van der Waals surface area (Å²) in [6, 6.07) is 11.2. The van der Waals surface area contributed by atoms with Crippen molar-refractivity contribution in [3.63, 3.8) is 0 Å². The van der Waals surface area contributed by atoms with E-state index in [0.29, 0.717) is 12.5 Å². The molecule has 2 heterocycles. The van der Waals surface area contributed by atoms with Gasteiger partial charge in [-0.25, -0.2) is 0 Å². The van der Waals surface area contributed by atoms with Gasteiger partial charge in [0, 0.05) is 31.0 Å². The van der Waals surface area contributed by atoms with Crippen molar-refractivity contribution < 1.29 is 19.2 Å². The van der Waals surface area contributed by atoms with Crippen LogP contribution < -0.4 is 0 Å². The molecule has 6 nitrogen and oxygen atoms in total. The van der Waals surface area contributed by atoms with Crippen LogP contribution in [0.2, 0.25) is 0 Å². The van der Waals surface area contributed by atoms with Crippen LogP contribution in [0.25, 0.3) is 0 Å². The molecule has 2 fully saturated rings. The lowest BCUT2D eigenvalue weighted by Gasteiger charge is -2.15. The fourth-order valence-electron chi connectivity index (χ4n) is 3.37. The van der Waals surface area contributed by atoms with Gasteiger partial charge in [0.25, 0.3) is 5.91 Å². The van der Waals surface area contributed by atoms with Crippen LogP contribution in [0.15, 0.2) is 40.9 Å². The number of carbonyl (C=O) groups excluding carboxylic acids is 1. The Bertz CT molecular complexity index is 766. The molecule has 1 aliphatic carbocycles. The van der Waals surface area contributed by atoms with Crippen molar-refractivity contribution in [2.75, 3.05) is 13.1 Å². The first-order valence-corrected chi connectivity index (χ1v) is 8.17. The second kappa shape index (κ2) is 5.78. The van der Waals surface area contributed by atoms with Gasteiger partial charge in [0.1, 0.15) is 0 Å². The van der Waals surface area contributed by atoms with Crippen LogP contribution in [-0.4, -0.2) is 40.1 Å². The van der Waals surface area contributed by atoms with Gasteiger partial charge in [-0.1, -0.05) is 35.5 Å². The van der Waals surface area contributed by atoms with Gasteiger partial charge in [-0.05, 0) is 18.4 Å². The first-order chi connectivity index (χ1) is 11.6. The number of aromatic nitrogens is 1. The van der Waals surface area contributed by atoms with Crippen molar-refractivity contribution >= 4 is 11.9 Å². The van der Waals surface area contributed by atoms with Crippen LogP contribution in [0.5, 0.6) is 0 Å². The van der Waals surface area contributed by atoms with E-state index >= 15 is 0 Å². The van der Waals surface area contributed by atoms with Crippen LogP contribution in [0.4, 0.5) is 0 Å². The maximum absolute atomic E-state index is 12.6. The Labute approximate surface area is 139 Å². The molecule has 0 radical (unpaired) electrons. The van der Waals surface area contributed by atoms with Gasteiger partial charge in [0.2, 0.25) is 5.76 Å². The number of rotatable bonds is 4. The summed E-state index contributed by atoms with van der Waals surface area (Å²) in [5.74, 6) is -1.36. The second-order valence-electron chi connectivity index (χ2n) is 6.56. The van der Waals surface area contributed by atoms with Gasteiger partial charge in [-0.2, -0.15) is 0 Å². The molecule has 24 heavy (non-hydrogen) atoms. The summed E-state index contributed by atoms with van der Waals surface area (Å²) in [6.45, 7) is 0.562. The smallest absolute Gasteiger partial charge is 0.308 e. The Balaban J connectivity index is 1.55. The number of aliphatic carboxylic acids is 1. The molecule has 4 rings (SSSR count). The van der Waals surface area contributed by atoms with E-state index in [1.165, 1.54) is 0 Å². The van der Waals surface area contributed by atoms with Crippen LogP contribution in [0.3, 0.4) is 0 Å². The number of benzene rings is 1. The van der Waals surface area contributed by atoms with Crippen molar-refractivity contribution in [1.82, 2.24) is 10.1 Å². The number of carboxylic acids is 1. The van der Waals surface area contributed by atoms with E-state index in [1.807, 2.05) is 30.3 Å². The predicted molar refractivity (Wildman–Crippen MR) is 84.7 cm³/mol. The van der Waals surface area contributed by atoms with E-state index in [9.17, 15) is 14.7 Å². The lowest BCUT2D eigenvalue weighted by atomic mass is 9.89. The zero-order valence-corrected chi connectivity index (χ0v) is 13.1. The van der Waals surface area contributed by atoms with Crippen LogP contribution >= 0.6 is 0 Å². The van der Waals surface area contributed by atoms with Crippen LogP contribution in [0, 0.1) is 5.92 Å². The number of likely N-dealkylation sites (tertiary alicyclic amines) is 1. The fraction of sp³-hybridized carbons (Fsp3) is 0.389. The molecule has 2 unspecified atom stereocenters. The van der Waals surface area contributed by atoms with Gasteiger partial charge < -0.3 is 14.5 Å². The van der Waals surface area contributed by atoms with Gasteiger partial charge in [0.15, 0.2) is 0 Å². The standard InChI is InChI=1S/C18H18N2O4/c21-17(16-8-15(19-24-16)12-6-7-12)20-9-13(14(10-20)18(22)23)11-4-2-1-3-5-11/h1-5,8,12-14H,6-7,9-10H2,(H,22,23). The minimum absolute atomic E-state index is 0.188. The summed E-state index contributed by atoms with van der Waals surface area (Å²) >= 11 is 0. The molecule has 2 aromatic rings. The first kappa shape index (κ1) is 14.9. The zero-order valence-electron chi connectivity index (χ0n) is 13.1. The van der Waals surface area contributed by atoms with Gasteiger partial charge in [-0.15, -0.1) is 0 Å². The Hall–Kier alpha value is -2.63. The monoisotopic (exact) mass is 326 g/mol.